The van der Waals surface area contributed by atoms with Crippen LogP contribution in [0.3, 0.4) is 0 Å². The number of rotatable bonds is 2. The second kappa shape index (κ2) is 4.71. The van der Waals surface area contributed by atoms with E-state index in [9.17, 15) is 9.90 Å². The molecule has 1 aliphatic heterocycles. The molecule has 0 spiro atoms. The molecule has 4 nitrogen and oxygen atoms in total. The number of amides is 1. The fourth-order valence-electron chi connectivity index (χ4n) is 2.78. The number of carbonyl (C=O) groups excluding carboxylic acids is 1. The summed E-state index contributed by atoms with van der Waals surface area (Å²) in [4.78, 5) is 12.0. The smallest absolute Gasteiger partial charge is 0.249 e. The van der Waals surface area contributed by atoms with Crippen LogP contribution in [0, 0.1) is 0 Å². The van der Waals surface area contributed by atoms with Crippen LogP contribution in [0.4, 0.5) is 0 Å². The normalized spacial score (nSPS) is 30.2. The second-order valence-electron chi connectivity index (χ2n) is 4.96. The largest absolute Gasteiger partial charge is 0.390 e. The molecule has 2 N–H and O–H groups in total. The molecule has 0 saturated carbocycles. The average Bonchev–Trinajstić information content (AvgIpc) is 2.98. The number of fused-ring (bicyclic) bond motifs is 1. The third-order valence-electron chi connectivity index (χ3n) is 3.72. The van der Waals surface area contributed by atoms with Gasteiger partial charge in [0.05, 0.1) is 12.1 Å². The van der Waals surface area contributed by atoms with E-state index in [0.29, 0.717) is 13.0 Å². The maximum Gasteiger partial charge on any atom is 0.249 e. The molecule has 18 heavy (non-hydrogen) atoms. The zero-order chi connectivity index (χ0) is 12.5. The minimum absolute atomic E-state index is 0.103. The van der Waals surface area contributed by atoms with Crippen LogP contribution in [0.2, 0.25) is 0 Å². The molecule has 0 bridgehead atoms. The zero-order valence-electron chi connectivity index (χ0n) is 10.1. The van der Waals surface area contributed by atoms with Crippen molar-refractivity contribution in [2.75, 3.05) is 6.61 Å². The van der Waals surface area contributed by atoms with Gasteiger partial charge in [0.2, 0.25) is 5.91 Å². The molecule has 1 saturated heterocycles. The molecule has 3 rings (SSSR count). The molecule has 3 unspecified atom stereocenters. The average molecular weight is 247 g/mol. The molecule has 1 amide bonds. The Kier molecular flexibility index (Phi) is 3.06. The highest BCUT2D eigenvalue weighted by Gasteiger charge is 2.34. The number of hydrogen-bond acceptors (Lipinski definition) is 3. The van der Waals surface area contributed by atoms with Crippen molar-refractivity contribution >= 4 is 5.91 Å². The molecule has 1 heterocycles. The third-order valence-corrected chi connectivity index (χ3v) is 3.72. The lowest BCUT2D eigenvalue weighted by atomic mass is 10.1. The predicted molar refractivity (Wildman–Crippen MR) is 66.0 cm³/mol. The Hall–Kier alpha value is -1.39. The van der Waals surface area contributed by atoms with Gasteiger partial charge in [0, 0.05) is 13.0 Å². The Morgan fingerprint density at radius 3 is 3.00 bits per heavy atom. The summed E-state index contributed by atoms with van der Waals surface area (Å²) in [7, 11) is 0. The Morgan fingerprint density at radius 2 is 2.22 bits per heavy atom. The number of hydrogen-bond donors (Lipinski definition) is 2. The maximum atomic E-state index is 12.0. The third kappa shape index (κ3) is 2.02. The van der Waals surface area contributed by atoms with Gasteiger partial charge in [-0.1, -0.05) is 24.3 Å². The van der Waals surface area contributed by atoms with E-state index in [1.807, 2.05) is 24.3 Å². The Morgan fingerprint density at radius 1 is 1.39 bits per heavy atom. The van der Waals surface area contributed by atoms with E-state index in [2.05, 4.69) is 5.32 Å². The standard InChI is InChI=1S/C14H17NO3/c16-11-8-9-4-1-2-5-10(9)13(11)15-14(17)12-6-3-7-18-12/h1-2,4-5,11-13,16H,3,6-8H2,(H,15,17). The number of aliphatic hydroxyl groups excluding tert-OH is 1. The van der Waals surface area contributed by atoms with E-state index in [1.165, 1.54) is 0 Å². The summed E-state index contributed by atoms with van der Waals surface area (Å²) in [5.41, 5.74) is 2.14. The Bertz CT molecular complexity index is 454. The second-order valence-corrected chi connectivity index (χ2v) is 4.96. The van der Waals surface area contributed by atoms with E-state index in [-0.39, 0.29) is 18.1 Å². The van der Waals surface area contributed by atoms with Crippen molar-refractivity contribution in [1.82, 2.24) is 5.32 Å². The van der Waals surface area contributed by atoms with Crippen molar-refractivity contribution in [1.29, 1.82) is 0 Å². The summed E-state index contributed by atoms with van der Waals surface area (Å²) in [6.45, 7) is 0.655. The zero-order valence-corrected chi connectivity index (χ0v) is 10.1. The number of benzene rings is 1. The molecule has 3 atom stereocenters. The van der Waals surface area contributed by atoms with Gasteiger partial charge < -0.3 is 15.2 Å². The molecule has 1 aliphatic carbocycles. The molecule has 0 aromatic heterocycles. The van der Waals surface area contributed by atoms with Crippen LogP contribution in [-0.4, -0.2) is 29.8 Å². The van der Waals surface area contributed by atoms with Gasteiger partial charge in [0.15, 0.2) is 0 Å². The van der Waals surface area contributed by atoms with Crippen LogP contribution >= 0.6 is 0 Å². The summed E-state index contributed by atoms with van der Waals surface area (Å²) >= 11 is 0. The topological polar surface area (TPSA) is 58.6 Å². The highest BCUT2D eigenvalue weighted by Crippen LogP contribution is 2.31. The number of ether oxygens (including phenoxy) is 1. The summed E-state index contributed by atoms with van der Waals surface area (Å²) in [5.74, 6) is -0.103. The Balaban J connectivity index is 1.74. The van der Waals surface area contributed by atoms with Gasteiger partial charge in [0.25, 0.3) is 0 Å². The minimum atomic E-state index is -0.534. The SMILES string of the molecule is O=C(NC1c2ccccc2CC1O)C1CCCO1. The predicted octanol–water partition coefficient (Wildman–Crippen LogP) is 0.940. The molecule has 1 fully saturated rings. The van der Waals surface area contributed by atoms with Crippen LogP contribution in [0.5, 0.6) is 0 Å². The fourth-order valence-corrected chi connectivity index (χ4v) is 2.78. The molecule has 96 valence electrons. The van der Waals surface area contributed by atoms with E-state index in [0.717, 1.165) is 24.0 Å². The lowest BCUT2D eigenvalue weighted by Crippen LogP contribution is -2.40. The van der Waals surface area contributed by atoms with Crippen molar-refractivity contribution in [3.8, 4) is 0 Å². The summed E-state index contributed by atoms with van der Waals surface area (Å²) in [6.07, 6.45) is 1.43. The van der Waals surface area contributed by atoms with Gasteiger partial charge in [-0.05, 0) is 24.0 Å². The van der Waals surface area contributed by atoms with E-state index < -0.39 is 6.10 Å². The molecular weight excluding hydrogens is 230 g/mol. The number of carbonyl (C=O) groups is 1. The quantitative estimate of drug-likeness (QED) is 0.817. The molecule has 4 heteroatoms. The minimum Gasteiger partial charge on any atom is -0.390 e. The van der Waals surface area contributed by atoms with Crippen molar-refractivity contribution < 1.29 is 14.6 Å². The molecular formula is C14H17NO3. The lowest BCUT2D eigenvalue weighted by molar-refractivity contribution is -0.131. The highest BCUT2D eigenvalue weighted by molar-refractivity contribution is 5.81. The summed E-state index contributed by atoms with van der Waals surface area (Å²) < 4.78 is 5.35. The summed E-state index contributed by atoms with van der Waals surface area (Å²) in [5, 5.41) is 13.0. The number of nitrogens with one attached hydrogen (secondary N) is 1. The monoisotopic (exact) mass is 247 g/mol. The van der Waals surface area contributed by atoms with Crippen molar-refractivity contribution in [2.24, 2.45) is 0 Å². The van der Waals surface area contributed by atoms with Crippen LogP contribution in [0.1, 0.15) is 30.0 Å². The molecule has 2 aliphatic rings. The molecule has 1 aromatic rings. The van der Waals surface area contributed by atoms with Crippen LogP contribution in [-0.2, 0) is 16.0 Å². The molecule has 0 radical (unpaired) electrons. The first-order valence-electron chi connectivity index (χ1n) is 6.43. The van der Waals surface area contributed by atoms with E-state index >= 15 is 0 Å². The van der Waals surface area contributed by atoms with Crippen molar-refractivity contribution in [2.45, 2.75) is 37.5 Å². The van der Waals surface area contributed by atoms with Gasteiger partial charge in [-0.15, -0.1) is 0 Å². The highest BCUT2D eigenvalue weighted by atomic mass is 16.5. The van der Waals surface area contributed by atoms with Crippen molar-refractivity contribution in [3.05, 3.63) is 35.4 Å². The van der Waals surface area contributed by atoms with E-state index in [4.69, 9.17) is 4.74 Å². The first-order valence-corrected chi connectivity index (χ1v) is 6.43. The van der Waals surface area contributed by atoms with Gasteiger partial charge >= 0.3 is 0 Å². The van der Waals surface area contributed by atoms with Crippen LogP contribution in [0.15, 0.2) is 24.3 Å². The fraction of sp³-hybridized carbons (Fsp3) is 0.500. The van der Waals surface area contributed by atoms with Crippen molar-refractivity contribution in [3.63, 3.8) is 0 Å². The van der Waals surface area contributed by atoms with E-state index in [1.54, 1.807) is 0 Å². The Labute approximate surface area is 106 Å². The van der Waals surface area contributed by atoms with Gasteiger partial charge in [-0.2, -0.15) is 0 Å². The van der Waals surface area contributed by atoms with Gasteiger partial charge in [-0.3, -0.25) is 4.79 Å². The first-order chi connectivity index (χ1) is 8.75. The lowest BCUT2D eigenvalue weighted by Gasteiger charge is -2.20. The van der Waals surface area contributed by atoms with Gasteiger partial charge in [0.1, 0.15) is 6.10 Å². The maximum absolute atomic E-state index is 12.0. The van der Waals surface area contributed by atoms with Crippen LogP contribution in [0.25, 0.3) is 0 Å². The van der Waals surface area contributed by atoms with Crippen LogP contribution < -0.4 is 5.32 Å². The molecule has 1 aromatic carbocycles. The van der Waals surface area contributed by atoms with Gasteiger partial charge in [-0.25, -0.2) is 0 Å². The first kappa shape index (κ1) is 11.7. The summed E-state index contributed by atoms with van der Waals surface area (Å²) in [6, 6.07) is 7.55. The number of aliphatic hydroxyl groups is 1.